The summed E-state index contributed by atoms with van der Waals surface area (Å²) in [6.07, 6.45) is 1.13. The molecule has 0 aliphatic heterocycles. The molecule has 0 saturated carbocycles. The molecule has 0 amide bonds. The smallest absolute Gasteiger partial charge is 0.0223 e. The lowest BCUT2D eigenvalue weighted by atomic mass is 10.2. The van der Waals surface area contributed by atoms with Gasteiger partial charge in [0.2, 0.25) is 0 Å². The Kier molecular flexibility index (Phi) is 4.02. The molecule has 3 heteroatoms. The number of aromatic nitrogens is 1. The number of aryl methyl sites for hydroxylation is 1. The van der Waals surface area contributed by atoms with E-state index in [0.29, 0.717) is 0 Å². The van der Waals surface area contributed by atoms with Crippen molar-refractivity contribution in [3.63, 3.8) is 0 Å². The Morgan fingerprint density at radius 1 is 1.35 bits per heavy atom. The summed E-state index contributed by atoms with van der Waals surface area (Å²) in [5, 5.41) is 5.65. The molecule has 2 aromatic rings. The Bertz CT molecular complexity index is 469. The summed E-state index contributed by atoms with van der Waals surface area (Å²) < 4.78 is 2.25. The standard InChI is InChI=1S/C14H20N2S/c1-11-9-13(12(2)16(11)3)10-15-7-6-14-5-4-8-17-14/h4-5,8-9,15H,6-7,10H2,1-3H3. The highest BCUT2D eigenvalue weighted by molar-refractivity contribution is 7.09. The molecular formula is C14H20N2S. The van der Waals surface area contributed by atoms with Crippen molar-refractivity contribution in [1.82, 2.24) is 9.88 Å². The van der Waals surface area contributed by atoms with E-state index >= 15 is 0 Å². The van der Waals surface area contributed by atoms with E-state index in [1.807, 2.05) is 11.3 Å². The van der Waals surface area contributed by atoms with Crippen molar-refractivity contribution in [3.8, 4) is 0 Å². The second-order valence-corrected chi connectivity index (χ2v) is 5.49. The monoisotopic (exact) mass is 248 g/mol. The van der Waals surface area contributed by atoms with Crippen molar-refractivity contribution < 1.29 is 0 Å². The molecule has 0 saturated heterocycles. The van der Waals surface area contributed by atoms with Crippen LogP contribution in [0.5, 0.6) is 0 Å². The molecule has 2 aromatic heterocycles. The van der Waals surface area contributed by atoms with Gasteiger partial charge in [-0.15, -0.1) is 11.3 Å². The number of hydrogen-bond donors (Lipinski definition) is 1. The van der Waals surface area contributed by atoms with E-state index in [9.17, 15) is 0 Å². The second kappa shape index (κ2) is 5.52. The lowest BCUT2D eigenvalue weighted by Crippen LogP contribution is -2.16. The van der Waals surface area contributed by atoms with Crippen LogP contribution in [0.3, 0.4) is 0 Å². The molecule has 2 rings (SSSR count). The van der Waals surface area contributed by atoms with Crippen LogP contribution in [-0.4, -0.2) is 11.1 Å². The topological polar surface area (TPSA) is 17.0 Å². The predicted octanol–water partition coefficient (Wildman–Crippen LogP) is 3.04. The number of rotatable bonds is 5. The maximum atomic E-state index is 3.51. The van der Waals surface area contributed by atoms with Crippen LogP contribution < -0.4 is 5.32 Å². The predicted molar refractivity (Wildman–Crippen MR) is 74.6 cm³/mol. The Morgan fingerprint density at radius 2 is 2.18 bits per heavy atom. The van der Waals surface area contributed by atoms with Gasteiger partial charge < -0.3 is 9.88 Å². The first-order chi connectivity index (χ1) is 8.18. The minimum atomic E-state index is 0.971. The largest absolute Gasteiger partial charge is 0.352 e. The fourth-order valence-corrected chi connectivity index (χ4v) is 2.71. The molecule has 0 fully saturated rings. The van der Waals surface area contributed by atoms with Crippen LogP contribution in [0, 0.1) is 13.8 Å². The van der Waals surface area contributed by atoms with Gasteiger partial charge in [-0.05, 0) is 43.3 Å². The molecule has 0 radical (unpaired) electrons. The van der Waals surface area contributed by atoms with Gasteiger partial charge in [0.25, 0.3) is 0 Å². The third-order valence-electron chi connectivity index (χ3n) is 3.32. The van der Waals surface area contributed by atoms with Crippen molar-refractivity contribution in [2.24, 2.45) is 7.05 Å². The molecule has 0 atom stereocenters. The van der Waals surface area contributed by atoms with Crippen LogP contribution in [0.2, 0.25) is 0 Å². The Labute approximate surface area is 107 Å². The molecule has 0 aliphatic rings. The molecule has 2 nitrogen and oxygen atoms in total. The SMILES string of the molecule is Cc1cc(CNCCc2cccs2)c(C)n1C. The van der Waals surface area contributed by atoms with E-state index in [2.05, 4.69) is 54.4 Å². The third-order valence-corrected chi connectivity index (χ3v) is 4.26. The first-order valence-electron chi connectivity index (χ1n) is 6.03. The molecule has 0 aromatic carbocycles. The Hall–Kier alpha value is -1.06. The van der Waals surface area contributed by atoms with Crippen molar-refractivity contribution in [1.29, 1.82) is 0 Å². The quantitative estimate of drug-likeness (QED) is 0.805. The number of nitrogens with one attached hydrogen (secondary N) is 1. The third kappa shape index (κ3) is 2.99. The van der Waals surface area contributed by atoms with Gasteiger partial charge in [0, 0.05) is 36.4 Å². The zero-order chi connectivity index (χ0) is 12.3. The zero-order valence-electron chi connectivity index (χ0n) is 10.8. The van der Waals surface area contributed by atoms with Crippen LogP contribution in [0.25, 0.3) is 0 Å². The average Bonchev–Trinajstić information content (AvgIpc) is 2.90. The highest BCUT2D eigenvalue weighted by Crippen LogP contribution is 2.13. The first-order valence-corrected chi connectivity index (χ1v) is 6.91. The average molecular weight is 248 g/mol. The van der Waals surface area contributed by atoms with Gasteiger partial charge in [-0.25, -0.2) is 0 Å². The molecule has 0 unspecified atom stereocenters. The Balaban J connectivity index is 1.80. The van der Waals surface area contributed by atoms with Gasteiger partial charge >= 0.3 is 0 Å². The fraction of sp³-hybridized carbons (Fsp3) is 0.429. The van der Waals surface area contributed by atoms with Crippen molar-refractivity contribution in [3.05, 3.63) is 45.4 Å². The summed E-state index contributed by atoms with van der Waals surface area (Å²) in [5.74, 6) is 0. The van der Waals surface area contributed by atoms with Crippen LogP contribution in [0.4, 0.5) is 0 Å². The van der Waals surface area contributed by atoms with E-state index in [4.69, 9.17) is 0 Å². The molecule has 2 heterocycles. The normalized spacial score (nSPS) is 11.0. The lowest BCUT2D eigenvalue weighted by Gasteiger charge is -2.04. The van der Waals surface area contributed by atoms with E-state index in [1.54, 1.807) is 0 Å². The van der Waals surface area contributed by atoms with Crippen LogP contribution in [0.15, 0.2) is 23.6 Å². The lowest BCUT2D eigenvalue weighted by molar-refractivity contribution is 0.685. The maximum absolute atomic E-state index is 3.51. The van der Waals surface area contributed by atoms with E-state index in [1.165, 1.54) is 21.8 Å². The fourth-order valence-electron chi connectivity index (χ4n) is 2.00. The minimum Gasteiger partial charge on any atom is -0.352 e. The van der Waals surface area contributed by atoms with E-state index < -0.39 is 0 Å². The van der Waals surface area contributed by atoms with Crippen LogP contribution >= 0.6 is 11.3 Å². The molecule has 0 spiro atoms. The van der Waals surface area contributed by atoms with Crippen molar-refractivity contribution >= 4 is 11.3 Å². The Morgan fingerprint density at radius 3 is 2.76 bits per heavy atom. The molecule has 92 valence electrons. The van der Waals surface area contributed by atoms with Crippen LogP contribution in [0.1, 0.15) is 21.8 Å². The van der Waals surface area contributed by atoms with E-state index in [0.717, 1.165) is 19.5 Å². The molecular weight excluding hydrogens is 228 g/mol. The summed E-state index contributed by atoms with van der Waals surface area (Å²) in [7, 11) is 2.12. The van der Waals surface area contributed by atoms with Gasteiger partial charge in [-0.2, -0.15) is 0 Å². The second-order valence-electron chi connectivity index (χ2n) is 4.46. The number of hydrogen-bond acceptors (Lipinski definition) is 2. The molecule has 0 bridgehead atoms. The van der Waals surface area contributed by atoms with Crippen molar-refractivity contribution in [2.75, 3.05) is 6.54 Å². The van der Waals surface area contributed by atoms with Crippen molar-refractivity contribution in [2.45, 2.75) is 26.8 Å². The molecule has 1 N–H and O–H groups in total. The molecule has 0 aliphatic carbocycles. The van der Waals surface area contributed by atoms with Gasteiger partial charge in [0.05, 0.1) is 0 Å². The van der Waals surface area contributed by atoms with E-state index in [-0.39, 0.29) is 0 Å². The van der Waals surface area contributed by atoms with Gasteiger partial charge in [-0.3, -0.25) is 0 Å². The van der Waals surface area contributed by atoms with Gasteiger partial charge in [-0.1, -0.05) is 6.07 Å². The summed E-state index contributed by atoms with van der Waals surface area (Å²) >= 11 is 1.83. The number of nitrogens with zero attached hydrogens (tertiary/aromatic N) is 1. The zero-order valence-corrected chi connectivity index (χ0v) is 11.6. The summed E-state index contributed by atoms with van der Waals surface area (Å²) in [5.41, 5.74) is 4.11. The summed E-state index contributed by atoms with van der Waals surface area (Å²) in [6, 6.07) is 6.59. The maximum Gasteiger partial charge on any atom is 0.0223 e. The molecule has 17 heavy (non-hydrogen) atoms. The summed E-state index contributed by atoms with van der Waals surface area (Å²) in [6.45, 7) is 6.36. The van der Waals surface area contributed by atoms with Crippen LogP contribution in [-0.2, 0) is 20.0 Å². The van der Waals surface area contributed by atoms with Gasteiger partial charge in [0.1, 0.15) is 0 Å². The summed E-state index contributed by atoms with van der Waals surface area (Å²) in [4.78, 5) is 1.46. The minimum absolute atomic E-state index is 0.971. The highest BCUT2D eigenvalue weighted by Gasteiger charge is 2.04. The first kappa shape index (κ1) is 12.4. The number of thiophene rings is 1. The van der Waals surface area contributed by atoms with Gasteiger partial charge in [0.15, 0.2) is 0 Å². The highest BCUT2D eigenvalue weighted by atomic mass is 32.1.